The lowest BCUT2D eigenvalue weighted by molar-refractivity contribution is 0.387. The third-order valence-electron chi connectivity index (χ3n) is 3.43. The minimum atomic E-state index is 0.773. The summed E-state index contributed by atoms with van der Waals surface area (Å²) in [7, 11) is 0. The Morgan fingerprint density at radius 1 is 1.36 bits per heavy atom. The second-order valence-corrected chi connectivity index (χ2v) is 5.90. The molecule has 1 aliphatic heterocycles. The Morgan fingerprint density at radius 3 is 2.64 bits per heavy atom. The van der Waals surface area contributed by atoms with Gasteiger partial charge in [-0.15, -0.1) is 0 Å². The molecule has 1 aliphatic rings. The molecule has 0 aromatic carbocycles. The van der Waals surface area contributed by atoms with E-state index in [1.54, 1.807) is 0 Å². The molecule has 0 aromatic rings. The summed E-state index contributed by atoms with van der Waals surface area (Å²) >= 11 is 2.13. The first-order chi connectivity index (χ1) is 6.77. The molecule has 14 heavy (non-hydrogen) atoms. The van der Waals surface area contributed by atoms with Gasteiger partial charge < -0.3 is 5.32 Å². The molecule has 0 saturated carbocycles. The van der Waals surface area contributed by atoms with Gasteiger partial charge in [0.05, 0.1) is 0 Å². The molecule has 2 heteroatoms. The number of hydrogen-bond acceptors (Lipinski definition) is 2. The van der Waals surface area contributed by atoms with Gasteiger partial charge in [-0.2, -0.15) is 11.8 Å². The summed E-state index contributed by atoms with van der Waals surface area (Å²) in [6.07, 6.45) is 5.42. The van der Waals surface area contributed by atoms with E-state index in [9.17, 15) is 0 Å². The molecule has 0 bridgehead atoms. The largest absolute Gasteiger partial charge is 0.313 e. The second kappa shape index (κ2) is 6.73. The van der Waals surface area contributed by atoms with Gasteiger partial charge in [0.2, 0.25) is 0 Å². The molecular weight excluding hydrogens is 190 g/mol. The highest BCUT2D eigenvalue weighted by Crippen LogP contribution is 2.25. The van der Waals surface area contributed by atoms with E-state index in [1.165, 1.54) is 38.0 Å². The normalized spacial score (nSPS) is 28.3. The van der Waals surface area contributed by atoms with Crippen LogP contribution in [-0.4, -0.2) is 23.6 Å². The predicted octanol–water partition coefficient (Wildman–Crippen LogP) is 3.30. The average Bonchev–Trinajstić information content (AvgIpc) is 2.22. The van der Waals surface area contributed by atoms with Crippen molar-refractivity contribution in [2.75, 3.05) is 12.3 Å². The highest BCUT2D eigenvalue weighted by Gasteiger charge is 2.21. The first kappa shape index (κ1) is 12.4. The molecule has 1 rings (SSSR count). The fourth-order valence-corrected chi connectivity index (χ4v) is 3.26. The zero-order chi connectivity index (χ0) is 10.4. The quantitative estimate of drug-likeness (QED) is 0.755. The van der Waals surface area contributed by atoms with Crippen LogP contribution in [0.25, 0.3) is 0 Å². The Kier molecular flexibility index (Phi) is 5.95. The topological polar surface area (TPSA) is 12.0 Å². The van der Waals surface area contributed by atoms with Gasteiger partial charge in [0.15, 0.2) is 0 Å². The van der Waals surface area contributed by atoms with Crippen LogP contribution < -0.4 is 5.32 Å². The lowest BCUT2D eigenvalue weighted by Crippen LogP contribution is -2.41. The van der Waals surface area contributed by atoms with Gasteiger partial charge in [0.1, 0.15) is 0 Å². The zero-order valence-electron chi connectivity index (χ0n) is 9.88. The van der Waals surface area contributed by atoms with E-state index in [1.807, 2.05) is 0 Å². The molecular formula is C12H25NS. The lowest BCUT2D eigenvalue weighted by Gasteiger charge is -2.30. The van der Waals surface area contributed by atoms with E-state index in [2.05, 4.69) is 37.8 Å². The van der Waals surface area contributed by atoms with Crippen LogP contribution in [0.5, 0.6) is 0 Å². The van der Waals surface area contributed by atoms with Crippen molar-refractivity contribution in [1.82, 2.24) is 5.32 Å². The number of rotatable bonds is 5. The van der Waals surface area contributed by atoms with Crippen molar-refractivity contribution in [2.45, 2.75) is 57.7 Å². The molecule has 1 fully saturated rings. The first-order valence-corrected chi connectivity index (χ1v) is 7.17. The van der Waals surface area contributed by atoms with Gasteiger partial charge in [-0.05, 0) is 31.1 Å². The van der Waals surface area contributed by atoms with Crippen LogP contribution in [0.4, 0.5) is 0 Å². The van der Waals surface area contributed by atoms with E-state index < -0.39 is 0 Å². The monoisotopic (exact) mass is 215 g/mol. The predicted molar refractivity (Wildman–Crippen MR) is 67.0 cm³/mol. The summed E-state index contributed by atoms with van der Waals surface area (Å²) in [5.74, 6) is 2.25. The van der Waals surface area contributed by atoms with E-state index in [0.717, 1.165) is 17.2 Å². The summed E-state index contributed by atoms with van der Waals surface area (Å²) in [6, 6.07) is 0.773. The number of thioether (sulfide) groups is 1. The molecule has 0 aliphatic carbocycles. The molecule has 2 unspecified atom stereocenters. The smallest absolute Gasteiger partial charge is 0.0184 e. The zero-order valence-corrected chi connectivity index (χ0v) is 10.7. The molecule has 1 saturated heterocycles. The van der Waals surface area contributed by atoms with Crippen molar-refractivity contribution in [3.63, 3.8) is 0 Å². The maximum absolute atomic E-state index is 3.75. The Balaban J connectivity index is 2.21. The average molecular weight is 215 g/mol. The summed E-state index contributed by atoms with van der Waals surface area (Å²) in [5, 5.41) is 4.57. The molecule has 1 heterocycles. The van der Waals surface area contributed by atoms with Crippen LogP contribution in [0.15, 0.2) is 0 Å². The summed E-state index contributed by atoms with van der Waals surface area (Å²) in [5.41, 5.74) is 0. The van der Waals surface area contributed by atoms with E-state index >= 15 is 0 Å². The fourth-order valence-electron chi connectivity index (χ4n) is 2.09. The SMILES string of the molecule is CCC(CC)CNC1CCCSC1C. The molecule has 2 atom stereocenters. The minimum absolute atomic E-state index is 0.773. The Labute approximate surface area is 93.4 Å². The molecule has 0 amide bonds. The number of nitrogens with one attached hydrogen (secondary N) is 1. The van der Waals surface area contributed by atoms with Gasteiger partial charge in [-0.25, -0.2) is 0 Å². The molecule has 0 aromatic heterocycles. The maximum atomic E-state index is 3.75. The van der Waals surface area contributed by atoms with Crippen molar-refractivity contribution in [3.8, 4) is 0 Å². The highest BCUT2D eigenvalue weighted by atomic mass is 32.2. The molecule has 1 N–H and O–H groups in total. The fraction of sp³-hybridized carbons (Fsp3) is 1.00. The lowest BCUT2D eigenvalue weighted by atomic mass is 10.0. The van der Waals surface area contributed by atoms with Crippen LogP contribution in [0.2, 0.25) is 0 Å². The molecule has 0 spiro atoms. The van der Waals surface area contributed by atoms with Gasteiger partial charge in [-0.3, -0.25) is 0 Å². The van der Waals surface area contributed by atoms with Crippen molar-refractivity contribution in [3.05, 3.63) is 0 Å². The van der Waals surface area contributed by atoms with Gasteiger partial charge in [0, 0.05) is 11.3 Å². The Hall–Kier alpha value is 0.310. The molecule has 0 radical (unpaired) electrons. The van der Waals surface area contributed by atoms with Crippen LogP contribution in [0.3, 0.4) is 0 Å². The van der Waals surface area contributed by atoms with Crippen LogP contribution >= 0.6 is 11.8 Å². The summed E-state index contributed by atoms with van der Waals surface area (Å²) in [4.78, 5) is 0. The third kappa shape index (κ3) is 3.82. The molecule has 84 valence electrons. The number of hydrogen-bond donors (Lipinski definition) is 1. The van der Waals surface area contributed by atoms with E-state index in [4.69, 9.17) is 0 Å². The van der Waals surface area contributed by atoms with Crippen LogP contribution in [-0.2, 0) is 0 Å². The standard InChI is InChI=1S/C12H25NS/c1-4-11(5-2)9-13-12-7-6-8-14-10(12)3/h10-13H,4-9H2,1-3H3. The van der Waals surface area contributed by atoms with E-state index in [0.29, 0.717) is 0 Å². The van der Waals surface area contributed by atoms with Gasteiger partial charge >= 0.3 is 0 Å². The summed E-state index contributed by atoms with van der Waals surface area (Å²) in [6.45, 7) is 8.20. The highest BCUT2D eigenvalue weighted by molar-refractivity contribution is 7.99. The Morgan fingerprint density at radius 2 is 2.07 bits per heavy atom. The van der Waals surface area contributed by atoms with Crippen molar-refractivity contribution < 1.29 is 0 Å². The summed E-state index contributed by atoms with van der Waals surface area (Å²) < 4.78 is 0. The van der Waals surface area contributed by atoms with Crippen molar-refractivity contribution in [2.24, 2.45) is 5.92 Å². The minimum Gasteiger partial charge on any atom is -0.313 e. The second-order valence-electron chi connectivity index (χ2n) is 4.42. The van der Waals surface area contributed by atoms with Crippen LogP contribution in [0, 0.1) is 5.92 Å². The first-order valence-electron chi connectivity index (χ1n) is 6.12. The van der Waals surface area contributed by atoms with E-state index in [-0.39, 0.29) is 0 Å². The van der Waals surface area contributed by atoms with Crippen LogP contribution in [0.1, 0.15) is 46.5 Å². The van der Waals surface area contributed by atoms with Gasteiger partial charge in [-0.1, -0.05) is 33.6 Å². The maximum Gasteiger partial charge on any atom is 0.0184 e. The third-order valence-corrected chi connectivity index (χ3v) is 4.81. The van der Waals surface area contributed by atoms with Gasteiger partial charge in [0.25, 0.3) is 0 Å². The van der Waals surface area contributed by atoms with Crippen molar-refractivity contribution >= 4 is 11.8 Å². The van der Waals surface area contributed by atoms with Crippen molar-refractivity contribution in [1.29, 1.82) is 0 Å². The Bertz CT molecular complexity index is 145. The molecule has 1 nitrogen and oxygen atoms in total.